The molecule has 2 aromatic carbocycles. The largest absolute Gasteiger partial charge is 0.346 e. The van der Waals surface area contributed by atoms with E-state index in [1.165, 1.54) is 6.07 Å². The van der Waals surface area contributed by atoms with Gasteiger partial charge < -0.3 is 4.98 Å². The summed E-state index contributed by atoms with van der Waals surface area (Å²) in [4.78, 5) is 20.1. The van der Waals surface area contributed by atoms with E-state index < -0.39 is 0 Å². The van der Waals surface area contributed by atoms with Crippen molar-refractivity contribution < 1.29 is 0 Å². The molecule has 0 aliphatic rings. The summed E-state index contributed by atoms with van der Waals surface area (Å²) < 4.78 is 0. The fraction of sp³-hybridized carbons (Fsp3) is 0. The van der Waals surface area contributed by atoms with E-state index in [4.69, 9.17) is 16.6 Å². The molecular formula is C20H12ClN5O. The van der Waals surface area contributed by atoms with Crippen molar-refractivity contribution in [1.29, 1.82) is 0 Å². The molecule has 5 aromatic rings. The topological polar surface area (TPSA) is 87.3 Å². The normalized spacial score (nSPS) is 11.3. The van der Waals surface area contributed by atoms with Crippen LogP contribution in [0.25, 0.3) is 44.5 Å². The maximum Gasteiger partial charge on any atom is 0.191 e. The van der Waals surface area contributed by atoms with Crippen LogP contribution in [0.5, 0.6) is 0 Å². The lowest BCUT2D eigenvalue weighted by molar-refractivity contribution is 0.959. The van der Waals surface area contributed by atoms with Gasteiger partial charge in [-0.3, -0.25) is 9.89 Å². The number of benzene rings is 2. The highest BCUT2D eigenvalue weighted by Crippen LogP contribution is 2.35. The highest BCUT2D eigenvalue weighted by atomic mass is 35.5. The average molecular weight is 374 g/mol. The molecule has 0 radical (unpaired) electrons. The molecule has 5 rings (SSSR count). The fourth-order valence-electron chi connectivity index (χ4n) is 3.20. The van der Waals surface area contributed by atoms with Crippen LogP contribution in [0.3, 0.4) is 0 Å². The van der Waals surface area contributed by atoms with E-state index in [0.717, 1.165) is 27.9 Å². The van der Waals surface area contributed by atoms with Crippen molar-refractivity contribution >= 4 is 33.7 Å². The third-order valence-corrected chi connectivity index (χ3v) is 4.77. The van der Waals surface area contributed by atoms with Crippen molar-refractivity contribution in [3.05, 3.63) is 76.0 Å². The molecule has 0 fully saturated rings. The van der Waals surface area contributed by atoms with Crippen LogP contribution in [-0.2, 0) is 0 Å². The molecule has 0 saturated carbocycles. The van der Waals surface area contributed by atoms with E-state index in [2.05, 4.69) is 20.4 Å². The van der Waals surface area contributed by atoms with Gasteiger partial charge in [-0.05, 0) is 23.8 Å². The summed E-state index contributed by atoms with van der Waals surface area (Å²) in [6.07, 6.45) is 1.60. The molecule has 130 valence electrons. The molecule has 0 spiro atoms. The summed E-state index contributed by atoms with van der Waals surface area (Å²) in [5.41, 5.74) is 5.12. The molecular weight excluding hydrogens is 362 g/mol. The SMILES string of the molecule is O=c1cc[nH]c2nc(-c3ccccc3)c(-c3cc(Cl)c4nn[nH]c4c3)cc12. The Morgan fingerprint density at radius 1 is 0.963 bits per heavy atom. The van der Waals surface area contributed by atoms with Crippen LogP contribution in [0.15, 0.2) is 65.6 Å². The van der Waals surface area contributed by atoms with Crippen molar-refractivity contribution in [2.45, 2.75) is 0 Å². The second kappa shape index (κ2) is 6.03. The van der Waals surface area contributed by atoms with Crippen molar-refractivity contribution in [1.82, 2.24) is 25.4 Å². The average Bonchev–Trinajstić information content (AvgIpc) is 3.17. The molecule has 3 heterocycles. The Bertz CT molecular complexity index is 1360. The summed E-state index contributed by atoms with van der Waals surface area (Å²) in [5.74, 6) is 0. The standard InChI is InChI=1S/C20H12ClN5O/c21-15-8-12(9-16-19(15)25-26-24-16)13-10-14-17(27)6-7-22-20(14)23-18(13)11-4-2-1-3-5-11/h1-10H,(H,22,23,27)(H,24,25,26). The smallest absolute Gasteiger partial charge is 0.191 e. The minimum Gasteiger partial charge on any atom is -0.346 e. The monoisotopic (exact) mass is 373 g/mol. The van der Waals surface area contributed by atoms with E-state index in [1.807, 2.05) is 48.5 Å². The van der Waals surface area contributed by atoms with Crippen molar-refractivity contribution in [2.75, 3.05) is 0 Å². The third kappa shape index (κ3) is 2.58. The molecule has 0 amide bonds. The van der Waals surface area contributed by atoms with Crippen molar-refractivity contribution in [3.63, 3.8) is 0 Å². The van der Waals surface area contributed by atoms with Crippen LogP contribution >= 0.6 is 11.6 Å². The summed E-state index contributed by atoms with van der Waals surface area (Å²) in [7, 11) is 0. The zero-order valence-electron chi connectivity index (χ0n) is 13.9. The minimum atomic E-state index is -0.0903. The first-order chi connectivity index (χ1) is 13.2. The molecule has 0 saturated heterocycles. The fourth-order valence-corrected chi connectivity index (χ4v) is 3.46. The van der Waals surface area contributed by atoms with Gasteiger partial charge in [0.2, 0.25) is 0 Å². The van der Waals surface area contributed by atoms with Gasteiger partial charge >= 0.3 is 0 Å². The maximum absolute atomic E-state index is 12.3. The van der Waals surface area contributed by atoms with E-state index >= 15 is 0 Å². The number of nitrogens with zero attached hydrogens (tertiary/aromatic N) is 3. The van der Waals surface area contributed by atoms with Crippen LogP contribution in [0.2, 0.25) is 5.02 Å². The van der Waals surface area contributed by atoms with Gasteiger partial charge in [-0.2, -0.15) is 0 Å². The number of aromatic amines is 2. The Balaban J connectivity index is 1.88. The molecule has 6 nitrogen and oxygen atoms in total. The number of nitrogens with one attached hydrogen (secondary N) is 2. The Morgan fingerprint density at radius 3 is 2.67 bits per heavy atom. The van der Waals surface area contributed by atoms with E-state index in [0.29, 0.717) is 21.6 Å². The number of aromatic nitrogens is 5. The van der Waals surface area contributed by atoms with Crippen LogP contribution in [0.1, 0.15) is 0 Å². The molecule has 0 aliphatic carbocycles. The number of fused-ring (bicyclic) bond motifs is 2. The molecule has 27 heavy (non-hydrogen) atoms. The van der Waals surface area contributed by atoms with Crippen LogP contribution in [0.4, 0.5) is 0 Å². The van der Waals surface area contributed by atoms with Gasteiger partial charge in [0.25, 0.3) is 0 Å². The summed E-state index contributed by atoms with van der Waals surface area (Å²) in [6.45, 7) is 0. The second-order valence-corrected chi connectivity index (χ2v) is 6.56. The molecule has 0 atom stereocenters. The van der Waals surface area contributed by atoms with Gasteiger partial charge in [-0.1, -0.05) is 47.1 Å². The van der Waals surface area contributed by atoms with E-state index in [1.54, 1.807) is 6.20 Å². The summed E-state index contributed by atoms with van der Waals surface area (Å²) >= 11 is 6.39. The van der Waals surface area contributed by atoms with E-state index in [-0.39, 0.29) is 5.43 Å². The molecule has 0 unspecified atom stereocenters. The van der Waals surface area contributed by atoms with Gasteiger partial charge in [-0.25, -0.2) is 4.98 Å². The number of halogens is 1. The second-order valence-electron chi connectivity index (χ2n) is 6.15. The Labute approximate surface area is 157 Å². The Kier molecular flexibility index (Phi) is 3.51. The number of hydrogen-bond donors (Lipinski definition) is 2. The maximum atomic E-state index is 12.3. The zero-order valence-corrected chi connectivity index (χ0v) is 14.7. The minimum absolute atomic E-state index is 0.0903. The number of pyridine rings is 2. The van der Waals surface area contributed by atoms with Gasteiger partial charge in [0.15, 0.2) is 5.43 Å². The Morgan fingerprint density at radius 2 is 1.81 bits per heavy atom. The van der Waals surface area contributed by atoms with Crippen molar-refractivity contribution in [2.24, 2.45) is 0 Å². The highest BCUT2D eigenvalue weighted by Gasteiger charge is 2.15. The van der Waals surface area contributed by atoms with Gasteiger partial charge in [-0.15, -0.1) is 5.10 Å². The predicted molar refractivity (Wildman–Crippen MR) is 106 cm³/mol. The van der Waals surface area contributed by atoms with Crippen LogP contribution in [0, 0.1) is 0 Å². The van der Waals surface area contributed by atoms with Gasteiger partial charge in [0, 0.05) is 23.4 Å². The number of H-pyrrole nitrogens is 2. The first kappa shape index (κ1) is 15.7. The first-order valence-electron chi connectivity index (χ1n) is 8.29. The van der Waals surface area contributed by atoms with Gasteiger partial charge in [0.05, 0.1) is 21.6 Å². The lowest BCUT2D eigenvalue weighted by atomic mass is 9.97. The van der Waals surface area contributed by atoms with Gasteiger partial charge in [0.1, 0.15) is 11.2 Å². The summed E-state index contributed by atoms with van der Waals surface area (Å²) in [6, 6.07) is 16.9. The lowest BCUT2D eigenvalue weighted by Gasteiger charge is -2.11. The lowest BCUT2D eigenvalue weighted by Crippen LogP contribution is -2.03. The highest BCUT2D eigenvalue weighted by molar-refractivity contribution is 6.35. The van der Waals surface area contributed by atoms with Crippen molar-refractivity contribution in [3.8, 4) is 22.4 Å². The quantitative estimate of drug-likeness (QED) is 0.486. The van der Waals surface area contributed by atoms with E-state index in [9.17, 15) is 4.79 Å². The molecule has 0 bridgehead atoms. The number of rotatable bonds is 2. The molecule has 2 N–H and O–H groups in total. The summed E-state index contributed by atoms with van der Waals surface area (Å²) in [5, 5.41) is 11.6. The molecule has 3 aromatic heterocycles. The Hall–Kier alpha value is -3.51. The molecule has 7 heteroatoms. The third-order valence-electron chi connectivity index (χ3n) is 4.48. The number of hydrogen-bond acceptors (Lipinski definition) is 4. The zero-order chi connectivity index (χ0) is 18.4. The molecule has 0 aliphatic heterocycles. The predicted octanol–water partition coefficient (Wildman–Crippen LogP) is 4.18. The first-order valence-corrected chi connectivity index (χ1v) is 8.67. The van der Waals surface area contributed by atoms with Crippen LogP contribution in [-0.4, -0.2) is 25.4 Å². The van der Waals surface area contributed by atoms with Crippen LogP contribution < -0.4 is 5.43 Å².